The molecule has 10 atom stereocenters. The zero-order valence-corrected chi connectivity index (χ0v) is 22.2. The highest BCUT2D eigenvalue weighted by atomic mass is 16.5. The molecule has 1 heterocycles. The van der Waals surface area contributed by atoms with Gasteiger partial charge in [0, 0.05) is 16.7 Å². The fraction of sp³-hybridized carbons (Fsp3) is 0.867. The normalized spacial score (nSPS) is 51.3. The largest absolute Gasteiger partial charge is 0.392 e. The Balaban J connectivity index is 1.48. The maximum Gasteiger partial charge on any atom is 0.0972 e. The van der Waals surface area contributed by atoms with Crippen LogP contribution in [0.2, 0.25) is 0 Å². The summed E-state index contributed by atoms with van der Waals surface area (Å²) >= 11 is 0. The van der Waals surface area contributed by atoms with E-state index in [2.05, 4.69) is 60.6 Å². The van der Waals surface area contributed by atoms with E-state index in [0.29, 0.717) is 29.1 Å². The molecule has 0 aromatic heterocycles. The Bertz CT molecular complexity index is 855. The van der Waals surface area contributed by atoms with Crippen molar-refractivity contribution in [3.8, 4) is 0 Å². The van der Waals surface area contributed by atoms with E-state index in [-0.39, 0.29) is 34.1 Å². The smallest absolute Gasteiger partial charge is 0.0972 e. The predicted octanol–water partition coefficient (Wildman–Crippen LogP) is 6.29. The van der Waals surface area contributed by atoms with Crippen LogP contribution in [0.25, 0.3) is 0 Å². The number of aliphatic hydroxyl groups excluding tert-OH is 2. The first-order chi connectivity index (χ1) is 15.3. The quantitative estimate of drug-likeness (QED) is 0.488. The van der Waals surface area contributed by atoms with Crippen LogP contribution in [0.15, 0.2) is 23.8 Å². The van der Waals surface area contributed by atoms with Gasteiger partial charge < -0.3 is 14.9 Å². The minimum atomic E-state index is -0.329. The molecule has 5 aliphatic rings. The highest BCUT2D eigenvalue weighted by Crippen LogP contribution is 2.77. The molecule has 5 rings (SSSR count). The lowest BCUT2D eigenvalue weighted by Crippen LogP contribution is -2.64. The molecule has 2 bridgehead atoms. The van der Waals surface area contributed by atoms with E-state index in [1.54, 1.807) is 0 Å². The van der Waals surface area contributed by atoms with Crippen LogP contribution in [0.4, 0.5) is 0 Å². The lowest BCUT2D eigenvalue weighted by Gasteiger charge is -2.65. The van der Waals surface area contributed by atoms with Crippen molar-refractivity contribution in [3.05, 3.63) is 23.8 Å². The first-order valence-corrected chi connectivity index (χ1v) is 13.7. The van der Waals surface area contributed by atoms with Gasteiger partial charge >= 0.3 is 0 Å². The van der Waals surface area contributed by atoms with Gasteiger partial charge in [-0.1, -0.05) is 58.4 Å². The zero-order valence-electron chi connectivity index (χ0n) is 22.2. The Morgan fingerprint density at radius 1 is 1.06 bits per heavy atom. The highest BCUT2D eigenvalue weighted by Gasteiger charge is 2.75. The molecule has 3 saturated carbocycles. The molecule has 0 amide bonds. The van der Waals surface area contributed by atoms with Crippen LogP contribution in [0.1, 0.15) is 93.4 Å². The van der Waals surface area contributed by atoms with Gasteiger partial charge in [-0.15, -0.1) is 0 Å². The van der Waals surface area contributed by atoms with Crippen molar-refractivity contribution in [2.24, 2.45) is 45.3 Å². The van der Waals surface area contributed by atoms with Gasteiger partial charge in [0.05, 0.1) is 24.4 Å². The number of aliphatic hydroxyl groups is 2. The first-order valence-electron chi connectivity index (χ1n) is 13.7. The molecule has 1 aliphatic heterocycles. The summed E-state index contributed by atoms with van der Waals surface area (Å²) in [6.07, 6.45) is 14.3. The maximum atomic E-state index is 10.9. The average molecular weight is 457 g/mol. The average Bonchev–Trinajstić information content (AvgIpc) is 3.11. The molecule has 0 aromatic rings. The van der Waals surface area contributed by atoms with Crippen LogP contribution >= 0.6 is 0 Å². The molecule has 1 spiro atoms. The fourth-order valence-electron chi connectivity index (χ4n) is 10.2. The molecule has 10 unspecified atom stereocenters. The molecule has 4 fully saturated rings. The number of fused-ring (bicyclic) bond motifs is 2. The summed E-state index contributed by atoms with van der Waals surface area (Å²) in [5.74, 6) is 2.25. The Labute approximate surface area is 202 Å². The van der Waals surface area contributed by atoms with Gasteiger partial charge in [-0.05, 0) is 87.4 Å². The summed E-state index contributed by atoms with van der Waals surface area (Å²) in [4.78, 5) is 0. The summed E-state index contributed by atoms with van der Waals surface area (Å²) < 4.78 is 6.82. The summed E-state index contributed by atoms with van der Waals surface area (Å²) in [5.41, 5.74) is 1.45. The van der Waals surface area contributed by atoms with Crippen LogP contribution < -0.4 is 0 Å². The maximum absolute atomic E-state index is 10.9. The number of allylic oxidation sites excluding steroid dienone is 2. The van der Waals surface area contributed by atoms with E-state index in [0.717, 1.165) is 25.9 Å². The van der Waals surface area contributed by atoms with Crippen LogP contribution in [-0.2, 0) is 4.74 Å². The van der Waals surface area contributed by atoms with Gasteiger partial charge in [0.15, 0.2) is 0 Å². The molecule has 1 saturated heterocycles. The van der Waals surface area contributed by atoms with Crippen molar-refractivity contribution in [1.29, 1.82) is 0 Å². The third-order valence-electron chi connectivity index (χ3n) is 12.2. The van der Waals surface area contributed by atoms with Gasteiger partial charge in [0.25, 0.3) is 0 Å². The third kappa shape index (κ3) is 2.91. The molecule has 2 N–H and O–H groups in total. The molecular weight excluding hydrogens is 408 g/mol. The number of ether oxygens (including phenoxy) is 1. The Morgan fingerprint density at radius 3 is 2.48 bits per heavy atom. The van der Waals surface area contributed by atoms with E-state index in [4.69, 9.17) is 4.74 Å². The van der Waals surface area contributed by atoms with E-state index in [1.807, 2.05) is 6.08 Å². The van der Waals surface area contributed by atoms with Gasteiger partial charge in [0.2, 0.25) is 0 Å². The first kappa shape index (κ1) is 24.1. The number of rotatable bonds is 4. The van der Waals surface area contributed by atoms with Crippen LogP contribution in [-0.4, -0.2) is 34.6 Å². The summed E-state index contributed by atoms with van der Waals surface area (Å²) in [7, 11) is 0. The van der Waals surface area contributed by atoms with E-state index in [1.165, 1.54) is 31.3 Å². The second kappa shape index (κ2) is 7.43. The molecule has 3 heteroatoms. The van der Waals surface area contributed by atoms with E-state index >= 15 is 0 Å². The third-order valence-corrected chi connectivity index (χ3v) is 12.2. The van der Waals surface area contributed by atoms with Crippen LogP contribution in [0.5, 0.6) is 0 Å². The van der Waals surface area contributed by atoms with Gasteiger partial charge in [0.1, 0.15) is 0 Å². The molecule has 33 heavy (non-hydrogen) atoms. The van der Waals surface area contributed by atoms with Crippen molar-refractivity contribution >= 4 is 0 Å². The Kier molecular flexibility index (Phi) is 5.42. The van der Waals surface area contributed by atoms with E-state index < -0.39 is 0 Å². The molecule has 0 aromatic carbocycles. The minimum Gasteiger partial charge on any atom is -0.392 e. The van der Waals surface area contributed by atoms with Gasteiger partial charge in [-0.3, -0.25) is 0 Å². The fourth-order valence-corrected chi connectivity index (χ4v) is 10.2. The van der Waals surface area contributed by atoms with Crippen molar-refractivity contribution in [3.63, 3.8) is 0 Å². The topological polar surface area (TPSA) is 49.7 Å². The van der Waals surface area contributed by atoms with Crippen LogP contribution in [0, 0.1) is 45.3 Å². The molecule has 3 nitrogen and oxygen atoms in total. The highest BCUT2D eigenvalue weighted by molar-refractivity contribution is 5.33. The van der Waals surface area contributed by atoms with Crippen molar-refractivity contribution < 1.29 is 14.9 Å². The second-order valence-electron chi connectivity index (χ2n) is 14.0. The predicted molar refractivity (Wildman–Crippen MR) is 134 cm³/mol. The lowest BCUT2D eigenvalue weighted by atomic mass is 9.38. The molecular formula is C30H48O3. The lowest BCUT2D eigenvalue weighted by molar-refractivity contribution is -0.169. The SMILES string of the molecule is CC(C)=CC(O)CC(C)C1CCC2(C)C3C=CC45OCC3(CCC12C)C4CCC(O)C5(C)C. The summed E-state index contributed by atoms with van der Waals surface area (Å²) in [5, 5.41) is 21.6. The molecule has 4 aliphatic carbocycles. The minimum absolute atomic E-state index is 0.222. The summed E-state index contributed by atoms with van der Waals surface area (Å²) in [6.45, 7) is 17.0. The van der Waals surface area contributed by atoms with Crippen LogP contribution in [0.3, 0.4) is 0 Å². The monoisotopic (exact) mass is 456 g/mol. The van der Waals surface area contributed by atoms with E-state index in [9.17, 15) is 10.2 Å². The van der Waals surface area contributed by atoms with Crippen molar-refractivity contribution in [1.82, 2.24) is 0 Å². The number of hydrogen-bond donors (Lipinski definition) is 2. The van der Waals surface area contributed by atoms with Crippen molar-refractivity contribution in [2.75, 3.05) is 6.61 Å². The van der Waals surface area contributed by atoms with Gasteiger partial charge in [-0.25, -0.2) is 0 Å². The Hall–Kier alpha value is -0.640. The Morgan fingerprint density at radius 2 is 1.79 bits per heavy atom. The number of hydrogen-bond acceptors (Lipinski definition) is 3. The van der Waals surface area contributed by atoms with Gasteiger partial charge in [-0.2, -0.15) is 0 Å². The standard InChI is InChI=1S/C30H48O3/c1-19(2)16-21(31)17-20(3)22-10-12-28(7)23-11-13-30-24(8-9-25(32)26(30,4)5)29(23,18-33-30)15-14-27(22,28)6/h11,13,16,20-25,31-32H,8-10,12,14-15,17-18H2,1-7H3. The second-order valence-corrected chi connectivity index (χ2v) is 14.0. The molecule has 186 valence electrons. The van der Waals surface area contributed by atoms with Crippen molar-refractivity contribution in [2.45, 2.75) is 111 Å². The summed E-state index contributed by atoms with van der Waals surface area (Å²) in [6, 6.07) is 0. The molecule has 0 radical (unpaired) electrons. The zero-order chi connectivity index (χ0) is 24.0.